The summed E-state index contributed by atoms with van der Waals surface area (Å²) in [5.41, 5.74) is 8.80. The van der Waals surface area contributed by atoms with E-state index in [1.54, 1.807) is 18.2 Å². The number of nitrogens with zero attached hydrogens (tertiary/aromatic N) is 4. The molecule has 0 amide bonds. The Hall–Kier alpha value is -3.68. The Morgan fingerprint density at radius 2 is 1.92 bits per heavy atom. The van der Waals surface area contributed by atoms with E-state index in [2.05, 4.69) is 10.1 Å². The standard InChI is InChI=1S/C18H15N5O3/c19-16-17-21-22(9-12-4-2-1-3-5-12)18(25)23(17)15-8-13(10-26-11-24)6-7-14(15)20-16/h1-8,11H,9-10H2,(H2,19,20). The van der Waals surface area contributed by atoms with Crippen LogP contribution in [0.5, 0.6) is 0 Å². The minimum Gasteiger partial charge on any atom is -0.463 e. The van der Waals surface area contributed by atoms with Gasteiger partial charge in [0, 0.05) is 0 Å². The van der Waals surface area contributed by atoms with Crippen molar-refractivity contribution in [2.24, 2.45) is 0 Å². The lowest BCUT2D eigenvalue weighted by molar-refractivity contribution is -0.129. The molecule has 4 aromatic rings. The van der Waals surface area contributed by atoms with Crippen LogP contribution in [0.2, 0.25) is 0 Å². The minimum atomic E-state index is -0.309. The molecule has 0 bridgehead atoms. The van der Waals surface area contributed by atoms with Crippen molar-refractivity contribution in [3.8, 4) is 0 Å². The summed E-state index contributed by atoms with van der Waals surface area (Å²) in [6, 6.07) is 14.8. The van der Waals surface area contributed by atoms with E-state index in [1.165, 1.54) is 9.08 Å². The highest BCUT2D eigenvalue weighted by Crippen LogP contribution is 2.19. The highest BCUT2D eigenvalue weighted by Gasteiger charge is 2.15. The summed E-state index contributed by atoms with van der Waals surface area (Å²) in [5.74, 6) is 0.179. The average molecular weight is 349 g/mol. The quantitative estimate of drug-likeness (QED) is 0.545. The maximum atomic E-state index is 12.9. The lowest BCUT2D eigenvalue weighted by atomic mass is 10.2. The zero-order valence-corrected chi connectivity index (χ0v) is 13.7. The predicted octanol–water partition coefficient (Wildman–Crippen LogP) is 1.35. The number of anilines is 1. The van der Waals surface area contributed by atoms with Crippen LogP contribution in [-0.2, 0) is 22.7 Å². The van der Waals surface area contributed by atoms with E-state index in [0.29, 0.717) is 29.7 Å². The first-order valence-corrected chi connectivity index (χ1v) is 7.94. The van der Waals surface area contributed by atoms with Gasteiger partial charge in [0.05, 0.1) is 17.6 Å². The second-order valence-corrected chi connectivity index (χ2v) is 5.81. The molecule has 26 heavy (non-hydrogen) atoms. The number of rotatable bonds is 5. The molecule has 130 valence electrons. The van der Waals surface area contributed by atoms with Gasteiger partial charge < -0.3 is 10.5 Å². The highest BCUT2D eigenvalue weighted by atomic mass is 16.5. The largest absolute Gasteiger partial charge is 0.463 e. The number of nitrogen functional groups attached to an aromatic ring is 1. The second kappa shape index (κ2) is 6.32. The van der Waals surface area contributed by atoms with Crippen molar-refractivity contribution in [3.05, 3.63) is 70.1 Å². The molecule has 0 radical (unpaired) electrons. The van der Waals surface area contributed by atoms with Gasteiger partial charge in [-0.05, 0) is 23.3 Å². The fourth-order valence-corrected chi connectivity index (χ4v) is 2.89. The number of ether oxygens (including phenoxy) is 1. The van der Waals surface area contributed by atoms with Crippen LogP contribution in [0, 0.1) is 0 Å². The number of nitrogens with two attached hydrogens (primary N) is 1. The number of benzene rings is 2. The van der Waals surface area contributed by atoms with E-state index in [-0.39, 0.29) is 18.1 Å². The van der Waals surface area contributed by atoms with Crippen molar-refractivity contribution in [1.82, 2.24) is 19.2 Å². The predicted molar refractivity (Wildman–Crippen MR) is 95.6 cm³/mol. The third-order valence-corrected chi connectivity index (χ3v) is 4.08. The van der Waals surface area contributed by atoms with Crippen molar-refractivity contribution in [2.45, 2.75) is 13.2 Å². The highest BCUT2D eigenvalue weighted by molar-refractivity contribution is 5.82. The summed E-state index contributed by atoms with van der Waals surface area (Å²) in [6.45, 7) is 0.819. The van der Waals surface area contributed by atoms with Crippen LogP contribution in [0.15, 0.2) is 53.3 Å². The van der Waals surface area contributed by atoms with E-state index in [0.717, 1.165) is 11.1 Å². The Bertz CT molecular complexity index is 1160. The Balaban J connectivity index is 1.90. The monoisotopic (exact) mass is 349 g/mol. The topological polar surface area (TPSA) is 105 Å². The normalized spacial score (nSPS) is 11.1. The maximum absolute atomic E-state index is 12.9. The van der Waals surface area contributed by atoms with E-state index in [9.17, 15) is 9.59 Å². The van der Waals surface area contributed by atoms with Gasteiger partial charge in [0.2, 0.25) is 5.65 Å². The third-order valence-electron chi connectivity index (χ3n) is 4.08. The van der Waals surface area contributed by atoms with Crippen molar-refractivity contribution in [1.29, 1.82) is 0 Å². The first-order chi connectivity index (χ1) is 12.7. The van der Waals surface area contributed by atoms with Crippen LogP contribution in [0.1, 0.15) is 11.1 Å². The molecule has 0 atom stereocenters. The van der Waals surface area contributed by atoms with E-state index < -0.39 is 0 Å². The molecule has 0 aliphatic heterocycles. The lowest BCUT2D eigenvalue weighted by Gasteiger charge is -2.05. The molecule has 0 aliphatic carbocycles. The second-order valence-electron chi connectivity index (χ2n) is 5.81. The first kappa shape index (κ1) is 15.8. The minimum absolute atomic E-state index is 0.109. The summed E-state index contributed by atoms with van der Waals surface area (Å²) in [7, 11) is 0. The van der Waals surface area contributed by atoms with Gasteiger partial charge in [0.15, 0.2) is 5.82 Å². The van der Waals surface area contributed by atoms with Crippen LogP contribution < -0.4 is 11.4 Å². The molecule has 0 saturated carbocycles. The number of fused-ring (bicyclic) bond motifs is 3. The number of hydrogen-bond acceptors (Lipinski definition) is 6. The van der Waals surface area contributed by atoms with Gasteiger partial charge in [-0.1, -0.05) is 36.4 Å². The van der Waals surface area contributed by atoms with Crippen LogP contribution in [0.4, 0.5) is 5.82 Å². The van der Waals surface area contributed by atoms with E-state index in [4.69, 9.17) is 10.5 Å². The van der Waals surface area contributed by atoms with E-state index in [1.807, 2.05) is 30.3 Å². The molecule has 2 heterocycles. The van der Waals surface area contributed by atoms with Gasteiger partial charge in [0.25, 0.3) is 6.47 Å². The van der Waals surface area contributed by atoms with E-state index >= 15 is 0 Å². The maximum Gasteiger partial charge on any atom is 0.351 e. The fourth-order valence-electron chi connectivity index (χ4n) is 2.89. The number of carbonyl (C=O) groups is 1. The summed E-state index contributed by atoms with van der Waals surface area (Å²) in [4.78, 5) is 27.6. The van der Waals surface area contributed by atoms with Gasteiger partial charge in [-0.25, -0.2) is 18.9 Å². The van der Waals surface area contributed by atoms with Crippen LogP contribution in [0.25, 0.3) is 16.7 Å². The molecular formula is C18H15N5O3. The molecule has 4 rings (SSSR count). The van der Waals surface area contributed by atoms with Crippen molar-refractivity contribution in [3.63, 3.8) is 0 Å². The molecule has 0 fully saturated rings. The molecule has 0 spiro atoms. The Morgan fingerprint density at radius 3 is 2.69 bits per heavy atom. The molecule has 8 nitrogen and oxygen atoms in total. The van der Waals surface area contributed by atoms with Gasteiger partial charge in [-0.2, -0.15) is 0 Å². The summed E-state index contributed by atoms with van der Waals surface area (Å²) >= 11 is 0. The van der Waals surface area contributed by atoms with Crippen molar-refractivity contribution < 1.29 is 9.53 Å². The van der Waals surface area contributed by atoms with Gasteiger partial charge in [-0.15, -0.1) is 5.10 Å². The number of hydrogen-bond donors (Lipinski definition) is 1. The van der Waals surface area contributed by atoms with Crippen LogP contribution in [-0.4, -0.2) is 25.6 Å². The smallest absolute Gasteiger partial charge is 0.351 e. The summed E-state index contributed by atoms with van der Waals surface area (Å²) < 4.78 is 7.58. The SMILES string of the molecule is Nc1nc2ccc(COC=O)cc2n2c(=O)n(Cc3ccccc3)nc12. The molecule has 8 heteroatoms. The van der Waals surface area contributed by atoms with Crippen LogP contribution >= 0.6 is 0 Å². The van der Waals surface area contributed by atoms with Gasteiger partial charge in [-0.3, -0.25) is 4.79 Å². The molecular weight excluding hydrogens is 334 g/mol. The zero-order chi connectivity index (χ0) is 18.1. The Morgan fingerprint density at radius 1 is 1.12 bits per heavy atom. The fraction of sp³-hybridized carbons (Fsp3) is 0.111. The van der Waals surface area contributed by atoms with Crippen LogP contribution in [0.3, 0.4) is 0 Å². The molecule has 2 N–H and O–H groups in total. The third kappa shape index (κ3) is 2.67. The Kier molecular flexibility index (Phi) is 3.85. The zero-order valence-electron chi connectivity index (χ0n) is 13.7. The summed E-state index contributed by atoms with van der Waals surface area (Å²) in [5, 5.41) is 4.34. The van der Waals surface area contributed by atoms with Gasteiger partial charge in [0.1, 0.15) is 6.61 Å². The number of aromatic nitrogens is 4. The van der Waals surface area contributed by atoms with Crippen molar-refractivity contribution >= 4 is 29.0 Å². The number of carbonyl (C=O) groups excluding carboxylic acids is 1. The van der Waals surface area contributed by atoms with Gasteiger partial charge >= 0.3 is 5.69 Å². The molecule has 0 aliphatic rings. The molecule has 2 aromatic carbocycles. The lowest BCUT2D eigenvalue weighted by Crippen LogP contribution is -2.22. The molecule has 0 saturated heterocycles. The molecule has 0 unspecified atom stereocenters. The average Bonchev–Trinajstić information content (AvgIpc) is 2.98. The summed E-state index contributed by atoms with van der Waals surface area (Å²) in [6.07, 6.45) is 0. The molecule has 2 aromatic heterocycles. The Labute approximate surface area is 147 Å². The van der Waals surface area contributed by atoms with Crippen molar-refractivity contribution in [2.75, 3.05) is 5.73 Å². The first-order valence-electron chi connectivity index (χ1n) is 7.94.